The minimum atomic E-state index is 0.325. The van der Waals surface area contributed by atoms with Gasteiger partial charge in [0.05, 0.1) is 6.10 Å². The molecule has 18 heavy (non-hydrogen) atoms. The minimum absolute atomic E-state index is 0.325. The van der Waals surface area contributed by atoms with Crippen LogP contribution in [-0.2, 0) is 4.74 Å². The Bertz CT molecular complexity index is 411. The number of anilines is 1. The third-order valence-electron chi connectivity index (χ3n) is 3.07. The zero-order valence-electron chi connectivity index (χ0n) is 11.1. The maximum atomic E-state index is 5.55. The van der Waals surface area contributed by atoms with E-state index in [-0.39, 0.29) is 0 Å². The molecule has 1 N–H and O–H groups in total. The van der Waals surface area contributed by atoms with Gasteiger partial charge in [-0.2, -0.15) is 0 Å². The van der Waals surface area contributed by atoms with E-state index in [1.54, 1.807) is 0 Å². The predicted octanol–water partition coefficient (Wildman–Crippen LogP) is 3.34. The Morgan fingerprint density at radius 2 is 2.22 bits per heavy atom. The number of rotatable bonds is 3. The molecule has 0 aromatic carbocycles. The molecule has 1 aromatic heterocycles. The van der Waals surface area contributed by atoms with Gasteiger partial charge in [-0.15, -0.1) is 0 Å². The fourth-order valence-corrected chi connectivity index (χ4v) is 2.50. The number of aromatic nitrogens is 2. The molecule has 0 spiro atoms. The summed E-state index contributed by atoms with van der Waals surface area (Å²) >= 11 is 3.44. The van der Waals surface area contributed by atoms with Crippen LogP contribution in [0.15, 0.2) is 10.7 Å². The Morgan fingerprint density at radius 1 is 1.44 bits per heavy atom. The standard InChI is InChI=1S/C13H20BrN3O/c1-8(2)13-16-11(14)7-12(17-13)15-10-4-5-18-9(3)6-10/h7-10H,4-6H2,1-3H3,(H,15,16,17). The van der Waals surface area contributed by atoms with Crippen LogP contribution in [0.3, 0.4) is 0 Å². The van der Waals surface area contributed by atoms with Gasteiger partial charge in [-0.25, -0.2) is 9.97 Å². The molecule has 0 saturated carbocycles. The average molecular weight is 314 g/mol. The van der Waals surface area contributed by atoms with E-state index in [0.717, 1.165) is 35.7 Å². The molecule has 2 rings (SSSR count). The van der Waals surface area contributed by atoms with Crippen molar-refractivity contribution in [2.24, 2.45) is 0 Å². The third kappa shape index (κ3) is 3.65. The summed E-state index contributed by atoms with van der Waals surface area (Å²) in [6.07, 6.45) is 2.38. The van der Waals surface area contributed by atoms with Gasteiger partial charge in [-0.1, -0.05) is 13.8 Å². The number of halogens is 1. The van der Waals surface area contributed by atoms with Crippen LogP contribution in [0, 0.1) is 0 Å². The van der Waals surface area contributed by atoms with Crippen LogP contribution in [0.1, 0.15) is 45.4 Å². The van der Waals surface area contributed by atoms with E-state index in [1.165, 1.54) is 0 Å². The van der Waals surface area contributed by atoms with Crippen molar-refractivity contribution in [3.8, 4) is 0 Å². The van der Waals surface area contributed by atoms with Gasteiger partial charge in [0.2, 0.25) is 0 Å². The summed E-state index contributed by atoms with van der Waals surface area (Å²) < 4.78 is 6.39. The number of nitrogens with one attached hydrogen (secondary N) is 1. The highest BCUT2D eigenvalue weighted by atomic mass is 79.9. The Kier molecular flexibility index (Phi) is 4.56. The second-order valence-corrected chi connectivity index (χ2v) is 5.95. The average Bonchev–Trinajstić information content (AvgIpc) is 2.28. The number of ether oxygens (including phenoxy) is 1. The summed E-state index contributed by atoms with van der Waals surface area (Å²) in [5, 5.41) is 3.49. The van der Waals surface area contributed by atoms with Crippen molar-refractivity contribution in [2.75, 3.05) is 11.9 Å². The Hall–Kier alpha value is -0.680. The molecule has 2 atom stereocenters. The molecule has 1 aliphatic heterocycles. The van der Waals surface area contributed by atoms with Gasteiger partial charge < -0.3 is 10.1 Å². The largest absolute Gasteiger partial charge is 0.378 e. The van der Waals surface area contributed by atoms with E-state index >= 15 is 0 Å². The second-order valence-electron chi connectivity index (χ2n) is 5.14. The van der Waals surface area contributed by atoms with E-state index < -0.39 is 0 Å². The van der Waals surface area contributed by atoms with Crippen molar-refractivity contribution >= 4 is 21.7 Å². The fourth-order valence-electron chi connectivity index (χ4n) is 2.11. The molecule has 1 aliphatic rings. The molecule has 2 unspecified atom stereocenters. The molecule has 1 saturated heterocycles. The van der Waals surface area contributed by atoms with Gasteiger partial charge >= 0.3 is 0 Å². The highest BCUT2D eigenvalue weighted by molar-refractivity contribution is 9.10. The predicted molar refractivity (Wildman–Crippen MR) is 75.9 cm³/mol. The summed E-state index contributed by atoms with van der Waals surface area (Å²) in [6.45, 7) is 7.13. The normalized spacial score (nSPS) is 24.3. The van der Waals surface area contributed by atoms with Crippen LogP contribution < -0.4 is 5.32 Å². The monoisotopic (exact) mass is 313 g/mol. The molecule has 2 heterocycles. The molecule has 100 valence electrons. The minimum Gasteiger partial charge on any atom is -0.378 e. The molecule has 1 fully saturated rings. The van der Waals surface area contributed by atoms with Gasteiger partial charge in [0.25, 0.3) is 0 Å². The first-order chi connectivity index (χ1) is 8.54. The first-order valence-electron chi connectivity index (χ1n) is 6.47. The van der Waals surface area contributed by atoms with Gasteiger partial charge in [-0.05, 0) is 35.7 Å². The molecular weight excluding hydrogens is 294 g/mol. The van der Waals surface area contributed by atoms with E-state index in [9.17, 15) is 0 Å². The highest BCUT2D eigenvalue weighted by Gasteiger charge is 2.20. The van der Waals surface area contributed by atoms with Crippen LogP contribution >= 0.6 is 15.9 Å². The first kappa shape index (κ1) is 13.7. The SMILES string of the molecule is CC1CC(Nc2cc(Br)nc(C(C)C)n2)CCO1. The lowest BCUT2D eigenvalue weighted by molar-refractivity contribution is 0.0232. The lowest BCUT2D eigenvalue weighted by atomic mass is 10.0. The third-order valence-corrected chi connectivity index (χ3v) is 3.47. The van der Waals surface area contributed by atoms with E-state index in [2.05, 4.69) is 52.0 Å². The number of nitrogens with zero attached hydrogens (tertiary/aromatic N) is 2. The maximum absolute atomic E-state index is 5.55. The van der Waals surface area contributed by atoms with Gasteiger partial charge in [0, 0.05) is 24.6 Å². The molecule has 0 amide bonds. The topological polar surface area (TPSA) is 47.0 Å². The summed E-state index contributed by atoms with van der Waals surface area (Å²) in [5.41, 5.74) is 0. The summed E-state index contributed by atoms with van der Waals surface area (Å²) in [7, 11) is 0. The van der Waals surface area contributed by atoms with Crippen molar-refractivity contribution < 1.29 is 4.74 Å². The van der Waals surface area contributed by atoms with Crippen molar-refractivity contribution in [1.29, 1.82) is 0 Å². The molecule has 0 radical (unpaired) electrons. The Balaban J connectivity index is 2.08. The smallest absolute Gasteiger partial charge is 0.134 e. The molecular formula is C13H20BrN3O. The van der Waals surface area contributed by atoms with Gasteiger partial charge in [0.1, 0.15) is 16.2 Å². The van der Waals surface area contributed by atoms with Gasteiger partial charge in [0.15, 0.2) is 0 Å². The maximum Gasteiger partial charge on any atom is 0.134 e. The number of hydrogen-bond acceptors (Lipinski definition) is 4. The van der Waals surface area contributed by atoms with Crippen LogP contribution in [0.25, 0.3) is 0 Å². The summed E-state index contributed by atoms with van der Waals surface area (Å²) in [4.78, 5) is 8.94. The molecule has 0 bridgehead atoms. The van der Waals surface area contributed by atoms with E-state index in [4.69, 9.17) is 4.74 Å². The summed E-state index contributed by atoms with van der Waals surface area (Å²) in [5.74, 6) is 2.10. The van der Waals surface area contributed by atoms with E-state index in [1.807, 2.05) is 6.07 Å². The fraction of sp³-hybridized carbons (Fsp3) is 0.692. The zero-order chi connectivity index (χ0) is 13.1. The first-order valence-corrected chi connectivity index (χ1v) is 7.26. The quantitative estimate of drug-likeness (QED) is 0.869. The van der Waals surface area contributed by atoms with Crippen molar-refractivity contribution in [3.05, 3.63) is 16.5 Å². The second kappa shape index (κ2) is 5.97. The van der Waals surface area contributed by atoms with Crippen LogP contribution in [0.5, 0.6) is 0 Å². The lowest BCUT2D eigenvalue weighted by Crippen LogP contribution is -2.32. The molecule has 4 nitrogen and oxygen atoms in total. The van der Waals surface area contributed by atoms with Crippen LogP contribution in [0.2, 0.25) is 0 Å². The molecule has 5 heteroatoms. The Morgan fingerprint density at radius 3 is 2.89 bits per heavy atom. The molecule has 1 aromatic rings. The zero-order valence-corrected chi connectivity index (χ0v) is 12.7. The number of hydrogen-bond donors (Lipinski definition) is 1. The van der Waals surface area contributed by atoms with Gasteiger partial charge in [-0.3, -0.25) is 0 Å². The Labute approximate surface area is 117 Å². The summed E-state index contributed by atoms with van der Waals surface area (Å²) in [6, 6.07) is 2.38. The highest BCUT2D eigenvalue weighted by Crippen LogP contribution is 2.21. The van der Waals surface area contributed by atoms with E-state index in [0.29, 0.717) is 18.1 Å². The molecule has 0 aliphatic carbocycles. The van der Waals surface area contributed by atoms with Crippen LogP contribution in [-0.4, -0.2) is 28.7 Å². The van der Waals surface area contributed by atoms with Crippen molar-refractivity contribution in [2.45, 2.75) is 51.7 Å². The lowest BCUT2D eigenvalue weighted by Gasteiger charge is -2.28. The van der Waals surface area contributed by atoms with Crippen LogP contribution in [0.4, 0.5) is 5.82 Å². The van der Waals surface area contributed by atoms with Crippen molar-refractivity contribution in [1.82, 2.24) is 9.97 Å². The van der Waals surface area contributed by atoms with Crippen molar-refractivity contribution in [3.63, 3.8) is 0 Å².